The number of ketones is 1. The largest absolute Gasteiger partial charge is 0.466 e. The van der Waals surface area contributed by atoms with Gasteiger partial charge >= 0.3 is 0 Å². The van der Waals surface area contributed by atoms with E-state index in [-0.39, 0.29) is 18.9 Å². The molecule has 9 heteroatoms. The molecule has 0 saturated heterocycles. The van der Waals surface area contributed by atoms with Crippen LogP contribution in [0.5, 0.6) is 5.19 Å². The first-order valence-corrected chi connectivity index (χ1v) is 14.2. The Morgan fingerprint density at radius 1 is 1.11 bits per heavy atom. The Kier molecular flexibility index (Phi) is 7.96. The van der Waals surface area contributed by atoms with Gasteiger partial charge in [-0.2, -0.15) is 0 Å². The number of aromatic nitrogens is 3. The van der Waals surface area contributed by atoms with Gasteiger partial charge in [0.1, 0.15) is 17.7 Å². The van der Waals surface area contributed by atoms with Crippen molar-refractivity contribution in [1.29, 1.82) is 0 Å². The van der Waals surface area contributed by atoms with Gasteiger partial charge in [-0.3, -0.25) is 4.79 Å². The molecule has 196 valence electrons. The number of hydrogen-bond acceptors (Lipinski definition) is 7. The average molecular weight is 519 g/mol. The smallest absolute Gasteiger partial charge is 0.273 e. The molecule has 0 unspecified atom stereocenters. The maximum atomic E-state index is 13.1. The second kappa shape index (κ2) is 11.2. The normalized spacial score (nSPS) is 24.5. The Morgan fingerprint density at radius 2 is 1.81 bits per heavy atom. The monoisotopic (exact) mass is 518 g/mol. The number of carbonyl (C=O) groups is 1. The lowest BCUT2D eigenvalue weighted by Crippen LogP contribution is -2.43. The van der Waals surface area contributed by atoms with Gasteiger partial charge in [-0.05, 0) is 56.6 Å². The van der Waals surface area contributed by atoms with Crippen molar-refractivity contribution in [3.05, 3.63) is 34.4 Å². The van der Waals surface area contributed by atoms with Gasteiger partial charge in [0.2, 0.25) is 0 Å². The fraction of sp³-hybridized carbons (Fsp3) is 0.704. The van der Waals surface area contributed by atoms with E-state index in [1.165, 1.54) is 24.1 Å². The molecule has 2 aromatic rings. The van der Waals surface area contributed by atoms with Crippen molar-refractivity contribution >= 4 is 17.1 Å². The number of aryl methyl sites for hydroxylation is 1. The van der Waals surface area contributed by atoms with Gasteiger partial charge in [0, 0.05) is 62.5 Å². The molecule has 0 aromatic carbocycles. The lowest BCUT2D eigenvalue weighted by atomic mass is 9.78. The van der Waals surface area contributed by atoms with Crippen LogP contribution in [0.15, 0.2) is 12.4 Å². The van der Waals surface area contributed by atoms with Crippen LogP contribution < -0.4 is 4.74 Å². The van der Waals surface area contributed by atoms with E-state index in [0.717, 1.165) is 68.3 Å². The molecule has 2 saturated carbocycles. The van der Waals surface area contributed by atoms with Crippen molar-refractivity contribution in [2.45, 2.75) is 89.6 Å². The van der Waals surface area contributed by atoms with E-state index in [4.69, 9.17) is 4.74 Å². The van der Waals surface area contributed by atoms with Gasteiger partial charge in [-0.1, -0.05) is 24.2 Å². The van der Waals surface area contributed by atoms with E-state index >= 15 is 0 Å². The molecule has 2 aliphatic carbocycles. The van der Waals surface area contributed by atoms with E-state index < -0.39 is 5.92 Å². The van der Waals surface area contributed by atoms with Crippen LogP contribution in [0.25, 0.3) is 0 Å². The molecule has 5 rings (SSSR count). The Labute approximate surface area is 215 Å². The number of halogens is 2. The molecule has 2 aromatic heterocycles. The molecule has 0 spiro atoms. The standard InChI is InChI=1S/C27H36F2N4O2S/c1-18-30-16-21(17-31-18)13-22(34)12-20-4-2-19(3-5-20)6-9-33-10-7-24-25(8-11-33)36-26(32-24)35-23-14-27(28,29)15-23/h16-17,19-20,23H,2-15H2,1H3. The number of thiazole rings is 1. The molecular formula is C27H36F2N4O2S. The molecule has 0 bridgehead atoms. The van der Waals surface area contributed by atoms with Crippen LogP contribution in [0.4, 0.5) is 8.78 Å². The quantitative estimate of drug-likeness (QED) is 0.454. The number of carbonyl (C=O) groups excluding carboxylic acids is 1. The third-order valence-electron chi connectivity index (χ3n) is 7.97. The van der Waals surface area contributed by atoms with E-state index in [1.54, 1.807) is 23.7 Å². The van der Waals surface area contributed by atoms with Crippen LogP contribution >= 0.6 is 11.3 Å². The zero-order chi connectivity index (χ0) is 25.1. The fourth-order valence-corrected chi connectivity index (χ4v) is 6.72. The summed E-state index contributed by atoms with van der Waals surface area (Å²) in [6.07, 6.45) is 11.7. The molecule has 2 fully saturated rings. The number of rotatable bonds is 9. The minimum Gasteiger partial charge on any atom is -0.466 e. The molecule has 3 heterocycles. The second-order valence-electron chi connectivity index (χ2n) is 10.9. The lowest BCUT2D eigenvalue weighted by Gasteiger charge is -2.33. The van der Waals surface area contributed by atoms with Crippen LogP contribution in [0.2, 0.25) is 0 Å². The summed E-state index contributed by atoms with van der Waals surface area (Å²) in [5.41, 5.74) is 2.00. The zero-order valence-electron chi connectivity index (χ0n) is 21.1. The molecular weight excluding hydrogens is 482 g/mol. The highest BCUT2D eigenvalue weighted by atomic mass is 32.1. The molecule has 3 aliphatic rings. The van der Waals surface area contributed by atoms with Crippen molar-refractivity contribution < 1.29 is 18.3 Å². The van der Waals surface area contributed by atoms with E-state index in [1.807, 2.05) is 6.92 Å². The van der Waals surface area contributed by atoms with Gasteiger partial charge in [-0.25, -0.2) is 23.7 Å². The van der Waals surface area contributed by atoms with Crippen molar-refractivity contribution in [1.82, 2.24) is 19.9 Å². The summed E-state index contributed by atoms with van der Waals surface area (Å²) >= 11 is 1.54. The Hall–Kier alpha value is -2.00. The van der Waals surface area contributed by atoms with Gasteiger partial charge < -0.3 is 9.64 Å². The Balaban J connectivity index is 0.985. The molecule has 0 atom stereocenters. The predicted molar refractivity (Wildman–Crippen MR) is 135 cm³/mol. The summed E-state index contributed by atoms with van der Waals surface area (Å²) in [7, 11) is 0. The predicted octanol–water partition coefficient (Wildman–Crippen LogP) is 5.22. The van der Waals surface area contributed by atoms with Crippen molar-refractivity contribution in [3.8, 4) is 5.19 Å². The maximum absolute atomic E-state index is 13.1. The highest BCUT2D eigenvalue weighted by molar-refractivity contribution is 7.13. The van der Waals surface area contributed by atoms with Crippen LogP contribution in [0, 0.1) is 18.8 Å². The van der Waals surface area contributed by atoms with Crippen molar-refractivity contribution in [3.63, 3.8) is 0 Å². The second-order valence-corrected chi connectivity index (χ2v) is 12.0. The summed E-state index contributed by atoms with van der Waals surface area (Å²) in [6, 6.07) is 0. The fourth-order valence-electron chi connectivity index (χ4n) is 5.71. The first-order valence-electron chi connectivity index (χ1n) is 13.4. The molecule has 0 radical (unpaired) electrons. The Bertz CT molecular complexity index is 1000. The SMILES string of the molecule is Cc1ncc(CC(=O)CC2CCC(CCN3CCc4nc(OC5CC(F)(F)C5)sc4CC3)CC2)cn1. The van der Waals surface area contributed by atoms with Gasteiger partial charge in [0.05, 0.1) is 5.69 Å². The number of Topliss-reactive ketones (excluding diaryl/α,β-unsaturated/α-hetero) is 1. The number of alkyl halides is 2. The molecule has 0 N–H and O–H groups in total. The first-order chi connectivity index (χ1) is 17.3. The summed E-state index contributed by atoms with van der Waals surface area (Å²) < 4.78 is 31.8. The van der Waals surface area contributed by atoms with Crippen LogP contribution in [-0.2, 0) is 24.1 Å². The van der Waals surface area contributed by atoms with Gasteiger partial charge in [0.15, 0.2) is 0 Å². The highest BCUT2D eigenvalue weighted by Gasteiger charge is 2.47. The third-order valence-corrected chi connectivity index (χ3v) is 9.02. The van der Waals surface area contributed by atoms with Gasteiger partial charge in [-0.15, -0.1) is 0 Å². The molecule has 36 heavy (non-hydrogen) atoms. The molecule has 6 nitrogen and oxygen atoms in total. The number of nitrogens with zero attached hydrogens (tertiary/aromatic N) is 4. The van der Waals surface area contributed by atoms with Gasteiger partial charge in [0.25, 0.3) is 11.1 Å². The maximum Gasteiger partial charge on any atom is 0.273 e. The summed E-state index contributed by atoms with van der Waals surface area (Å²) in [5, 5.41) is 0.566. The lowest BCUT2D eigenvalue weighted by molar-refractivity contribution is -0.134. The molecule has 1 aliphatic heterocycles. The minimum absolute atomic E-state index is 0.188. The minimum atomic E-state index is -2.56. The Morgan fingerprint density at radius 3 is 2.53 bits per heavy atom. The number of hydrogen-bond donors (Lipinski definition) is 0. The average Bonchev–Trinajstić information content (AvgIpc) is 3.11. The van der Waals surface area contributed by atoms with Crippen molar-refractivity contribution in [2.24, 2.45) is 11.8 Å². The van der Waals surface area contributed by atoms with Crippen LogP contribution in [0.1, 0.15) is 73.3 Å². The van der Waals surface area contributed by atoms with E-state index in [0.29, 0.717) is 29.7 Å². The first kappa shape index (κ1) is 25.6. The van der Waals surface area contributed by atoms with Crippen molar-refractivity contribution in [2.75, 3.05) is 19.6 Å². The topological polar surface area (TPSA) is 68.2 Å². The number of ether oxygens (including phenoxy) is 1. The summed E-state index contributed by atoms with van der Waals surface area (Å²) in [5.74, 6) is -0.262. The summed E-state index contributed by atoms with van der Waals surface area (Å²) in [6.45, 7) is 4.97. The van der Waals surface area contributed by atoms with Crippen LogP contribution in [-0.4, -0.2) is 57.3 Å². The highest BCUT2D eigenvalue weighted by Crippen LogP contribution is 2.41. The number of fused-ring (bicyclic) bond motifs is 1. The third kappa shape index (κ3) is 6.85. The zero-order valence-corrected chi connectivity index (χ0v) is 21.9. The molecule has 0 amide bonds. The summed E-state index contributed by atoms with van der Waals surface area (Å²) in [4.78, 5) is 29.3. The van der Waals surface area contributed by atoms with E-state index in [2.05, 4.69) is 19.9 Å². The van der Waals surface area contributed by atoms with Crippen LogP contribution in [0.3, 0.4) is 0 Å². The van der Waals surface area contributed by atoms with E-state index in [9.17, 15) is 13.6 Å².